The summed E-state index contributed by atoms with van der Waals surface area (Å²) in [6.07, 6.45) is 2.83. The molecule has 0 bridgehead atoms. The van der Waals surface area contributed by atoms with Gasteiger partial charge in [0.15, 0.2) is 0 Å². The average Bonchev–Trinajstić information content (AvgIpc) is 3.13. The number of nitrogens with two attached hydrogens (primary N) is 1. The minimum Gasteiger partial charge on any atom is -0.385 e. The molecule has 1 aromatic heterocycles. The van der Waals surface area contributed by atoms with Crippen LogP contribution in [0.4, 0.5) is 4.39 Å². The lowest BCUT2D eigenvalue weighted by Crippen LogP contribution is -2.27. The van der Waals surface area contributed by atoms with Crippen molar-refractivity contribution in [3.8, 4) is 0 Å². The van der Waals surface area contributed by atoms with Gasteiger partial charge in [0.25, 0.3) is 5.91 Å². The number of aromatic amines is 1. The Morgan fingerprint density at radius 3 is 2.47 bits per heavy atom. The number of H-pyrrole nitrogens is 1. The number of benzene rings is 2. The summed E-state index contributed by atoms with van der Waals surface area (Å²) in [5, 5.41) is 6.97. The first-order valence-corrected chi connectivity index (χ1v) is 11.2. The Hall–Kier alpha value is -3.87. The number of amides is 2. The van der Waals surface area contributed by atoms with Gasteiger partial charge in [-0.3, -0.25) is 9.59 Å². The Balaban J connectivity index is 1.58. The van der Waals surface area contributed by atoms with Gasteiger partial charge in [0.1, 0.15) is 5.82 Å². The number of carbonyl (C=O) groups is 2. The molecule has 0 radical (unpaired) electrons. The van der Waals surface area contributed by atoms with Gasteiger partial charge in [-0.05, 0) is 67.7 Å². The van der Waals surface area contributed by atoms with Crippen molar-refractivity contribution >= 4 is 28.8 Å². The maximum Gasteiger partial charge on any atom is 0.251 e. The lowest BCUT2D eigenvalue weighted by atomic mass is 10.0. The van der Waals surface area contributed by atoms with E-state index in [9.17, 15) is 14.0 Å². The van der Waals surface area contributed by atoms with E-state index in [1.54, 1.807) is 12.1 Å². The van der Waals surface area contributed by atoms with E-state index in [0.29, 0.717) is 17.6 Å². The molecule has 3 rings (SSSR count). The number of allylic oxidation sites excluding steroid dienone is 1. The Labute approximate surface area is 199 Å². The smallest absolute Gasteiger partial charge is 0.251 e. The third-order valence-electron chi connectivity index (χ3n) is 5.83. The van der Waals surface area contributed by atoms with E-state index < -0.39 is 5.91 Å². The van der Waals surface area contributed by atoms with Crippen molar-refractivity contribution in [2.24, 2.45) is 5.73 Å². The number of hydrogen-bond donors (Lipinski definition) is 4. The fourth-order valence-electron chi connectivity index (χ4n) is 3.90. The highest BCUT2D eigenvalue weighted by Gasteiger charge is 2.14. The highest BCUT2D eigenvalue weighted by molar-refractivity contribution is 5.94. The third-order valence-corrected chi connectivity index (χ3v) is 5.83. The molecule has 3 aromatic rings. The van der Waals surface area contributed by atoms with Crippen LogP contribution in [0.2, 0.25) is 0 Å². The van der Waals surface area contributed by atoms with E-state index in [-0.39, 0.29) is 24.7 Å². The van der Waals surface area contributed by atoms with E-state index >= 15 is 0 Å². The first-order chi connectivity index (χ1) is 16.2. The minimum atomic E-state index is -0.453. The van der Waals surface area contributed by atoms with Crippen LogP contribution in [0.3, 0.4) is 0 Å². The van der Waals surface area contributed by atoms with Gasteiger partial charge in [0.05, 0.1) is 5.52 Å². The normalized spacial score (nSPS) is 11.5. The number of aryl methyl sites for hydroxylation is 2. The molecule has 7 heteroatoms. The van der Waals surface area contributed by atoms with E-state index in [1.807, 2.05) is 45.0 Å². The Morgan fingerprint density at radius 1 is 1.09 bits per heavy atom. The molecule has 0 atom stereocenters. The van der Waals surface area contributed by atoms with E-state index in [1.165, 1.54) is 6.07 Å². The first kappa shape index (κ1) is 24.8. The summed E-state index contributed by atoms with van der Waals surface area (Å²) in [4.78, 5) is 26.1. The van der Waals surface area contributed by atoms with Gasteiger partial charge in [-0.15, -0.1) is 0 Å². The molecule has 1 heterocycles. The van der Waals surface area contributed by atoms with E-state index in [0.717, 1.165) is 45.5 Å². The zero-order chi connectivity index (χ0) is 24.8. The van der Waals surface area contributed by atoms with Crippen LogP contribution in [0.25, 0.3) is 17.0 Å². The number of rotatable bonds is 10. The summed E-state index contributed by atoms with van der Waals surface area (Å²) in [5.41, 5.74) is 12.0. The van der Waals surface area contributed by atoms with Crippen LogP contribution in [0.15, 0.2) is 54.2 Å². The molecular weight excluding hydrogens is 431 g/mol. The lowest BCUT2D eigenvalue weighted by molar-refractivity contribution is -0.117. The summed E-state index contributed by atoms with van der Waals surface area (Å²) in [6.45, 7) is 10.9. The molecule has 5 N–H and O–H groups in total. The summed E-state index contributed by atoms with van der Waals surface area (Å²) < 4.78 is 14.2. The largest absolute Gasteiger partial charge is 0.385 e. The SMILES string of the molecule is C=C(NCCc1c(C)[nH]c2c(F)ccc(C)c12)/C(C)=C/c1ccc(C(=O)NCCC(N)=O)cc1. The highest BCUT2D eigenvalue weighted by Crippen LogP contribution is 2.28. The number of fused-ring (bicyclic) bond motifs is 1. The molecule has 0 aliphatic heterocycles. The molecule has 2 aromatic carbocycles. The number of carbonyl (C=O) groups excluding carboxylic acids is 2. The molecule has 0 saturated carbocycles. The zero-order valence-corrected chi connectivity index (χ0v) is 19.8. The third kappa shape index (κ3) is 5.92. The second-order valence-corrected chi connectivity index (χ2v) is 8.42. The molecular formula is C27H31FN4O2. The van der Waals surface area contributed by atoms with Crippen molar-refractivity contribution in [2.75, 3.05) is 13.1 Å². The summed E-state index contributed by atoms with van der Waals surface area (Å²) >= 11 is 0. The molecule has 2 amide bonds. The van der Waals surface area contributed by atoms with E-state index in [2.05, 4.69) is 22.2 Å². The lowest BCUT2D eigenvalue weighted by Gasteiger charge is -2.11. The van der Waals surface area contributed by atoms with Crippen LogP contribution in [0.1, 0.15) is 46.1 Å². The van der Waals surface area contributed by atoms with Crippen LogP contribution in [-0.2, 0) is 11.2 Å². The molecule has 0 fully saturated rings. The molecule has 0 unspecified atom stereocenters. The minimum absolute atomic E-state index is 0.108. The quantitative estimate of drug-likeness (QED) is 0.338. The number of nitrogens with one attached hydrogen (secondary N) is 3. The maximum atomic E-state index is 14.2. The fraction of sp³-hybridized carbons (Fsp3) is 0.259. The number of halogens is 1. The Kier molecular flexibility index (Phi) is 7.89. The first-order valence-electron chi connectivity index (χ1n) is 11.2. The predicted molar refractivity (Wildman–Crippen MR) is 135 cm³/mol. The molecule has 178 valence electrons. The van der Waals surface area contributed by atoms with Crippen LogP contribution in [-0.4, -0.2) is 29.9 Å². The molecule has 6 nitrogen and oxygen atoms in total. The second-order valence-electron chi connectivity index (χ2n) is 8.42. The van der Waals surface area contributed by atoms with Crippen molar-refractivity contribution in [1.29, 1.82) is 0 Å². The number of primary amides is 1. The van der Waals surface area contributed by atoms with Gasteiger partial charge in [-0.1, -0.05) is 30.9 Å². The van der Waals surface area contributed by atoms with Gasteiger partial charge >= 0.3 is 0 Å². The van der Waals surface area contributed by atoms with Crippen molar-refractivity contribution in [3.63, 3.8) is 0 Å². The van der Waals surface area contributed by atoms with Gasteiger partial charge in [0.2, 0.25) is 5.91 Å². The van der Waals surface area contributed by atoms with Crippen LogP contribution >= 0.6 is 0 Å². The standard InChI is InChI=1S/C27H31FN4O2/c1-16-5-10-23(28)26-25(16)22(19(4)32-26)11-13-30-18(3)17(2)15-20-6-8-21(9-7-20)27(34)31-14-12-24(29)33/h5-10,15,30,32H,3,11-14H2,1-2,4H3,(H2,29,33)(H,31,34)/b17-15+. The van der Waals surface area contributed by atoms with Crippen LogP contribution in [0, 0.1) is 19.7 Å². The van der Waals surface area contributed by atoms with Crippen molar-refractivity contribution < 1.29 is 14.0 Å². The van der Waals surface area contributed by atoms with Gasteiger partial charge < -0.3 is 21.4 Å². The van der Waals surface area contributed by atoms with E-state index in [4.69, 9.17) is 5.73 Å². The fourth-order valence-corrected chi connectivity index (χ4v) is 3.90. The zero-order valence-electron chi connectivity index (χ0n) is 19.8. The van der Waals surface area contributed by atoms with Crippen molar-refractivity contribution in [3.05, 3.63) is 88.0 Å². The Bertz CT molecular complexity index is 1260. The molecule has 0 spiro atoms. The van der Waals surface area contributed by atoms with Gasteiger partial charge in [0, 0.05) is 41.9 Å². The average molecular weight is 463 g/mol. The predicted octanol–water partition coefficient (Wildman–Crippen LogP) is 4.28. The van der Waals surface area contributed by atoms with Gasteiger partial charge in [-0.2, -0.15) is 0 Å². The van der Waals surface area contributed by atoms with Gasteiger partial charge in [-0.25, -0.2) is 4.39 Å². The Morgan fingerprint density at radius 2 is 1.79 bits per heavy atom. The number of aromatic nitrogens is 1. The summed E-state index contributed by atoms with van der Waals surface area (Å²) in [5.74, 6) is -0.937. The molecule has 0 saturated heterocycles. The molecule has 0 aliphatic carbocycles. The molecule has 0 aliphatic rings. The number of hydrogen-bond acceptors (Lipinski definition) is 3. The topological polar surface area (TPSA) is 100 Å². The highest BCUT2D eigenvalue weighted by atomic mass is 19.1. The monoisotopic (exact) mass is 462 g/mol. The van der Waals surface area contributed by atoms with Crippen LogP contribution < -0.4 is 16.4 Å². The van der Waals surface area contributed by atoms with Crippen LogP contribution in [0.5, 0.6) is 0 Å². The maximum absolute atomic E-state index is 14.2. The van der Waals surface area contributed by atoms with Crippen molar-refractivity contribution in [2.45, 2.75) is 33.6 Å². The molecule has 34 heavy (non-hydrogen) atoms. The summed E-state index contributed by atoms with van der Waals surface area (Å²) in [7, 11) is 0. The second kappa shape index (κ2) is 10.8. The van der Waals surface area contributed by atoms with Crippen molar-refractivity contribution in [1.82, 2.24) is 15.6 Å². The summed E-state index contributed by atoms with van der Waals surface area (Å²) in [6, 6.07) is 10.5.